The Kier molecular flexibility index (Phi) is 11.0. The van der Waals surface area contributed by atoms with Crippen LogP contribution >= 0.6 is 0 Å². The topological polar surface area (TPSA) is 65.4 Å². The molecule has 2 saturated carbocycles. The summed E-state index contributed by atoms with van der Waals surface area (Å²) in [6.07, 6.45) is 8.05. The second-order valence-corrected chi connectivity index (χ2v) is 11.8. The average molecular weight is 527 g/mol. The van der Waals surface area contributed by atoms with Crippen LogP contribution in [0.5, 0.6) is 11.5 Å². The number of rotatable bonds is 8. The van der Waals surface area contributed by atoms with Gasteiger partial charge in [-0.1, -0.05) is 49.9 Å². The Balaban J connectivity index is 0.000000211. The largest absolute Gasteiger partial charge is 0.497 e. The van der Waals surface area contributed by atoms with Gasteiger partial charge in [0.25, 0.3) is 0 Å². The summed E-state index contributed by atoms with van der Waals surface area (Å²) in [5.74, 6) is 1.74. The Morgan fingerprint density at radius 3 is 1.24 bits per heavy atom. The van der Waals surface area contributed by atoms with Crippen LogP contribution in [0.3, 0.4) is 0 Å². The lowest BCUT2D eigenvalue weighted by molar-refractivity contribution is 0.0263. The Hall–Kier alpha value is -2.12. The molecule has 38 heavy (non-hydrogen) atoms. The number of benzene rings is 2. The standard InChI is InChI=1S/2C16H25NO2/c2*1-17(2)12-16(11-5-4-6-15(16)18)13-7-9-14(19-3)10-8-13/h2*7-10,15,18H,4-6,11-12H2,1-3H3/t2*15-,16+/m10/s1. The zero-order valence-corrected chi connectivity index (χ0v) is 24.4. The van der Waals surface area contributed by atoms with E-state index in [1.165, 1.54) is 24.0 Å². The van der Waals surface area contributed by atoms with E-state index in [1.807, 2.05) is 24.3 Å². The van der Waals surface area contributed by atoms with Crippen molar-refractivity contribution in [1.82, 2.24) is 9.80 Å². The van der Waals surface area contributed by atoms with Crippen molar-refractivity contribution in [2.45, 2.75) is 74.4 Å². The van der Waals surface area contributed by atoms with Crippen molar-refractivity contribution in [2.24, 2.45) is 0 Å². The van der Waals surface area contributed by atoms with Crippen LogP contribution in [0.15, 0.2) is 48.5 Å². The fourth-order valence-corrected chi connectivity index (χ4v) is 6.64. The molecule has 2 aromatic carbocycles. The maximum absolute atomic E-state index is 10.6. The van der Waals surface area contributed by atoms with E-state index in [2.05, 4.69) is 62.3 Å². The van der Waals surface area contributed by atoms with Gasteiger partial charge in [0, 0.05) is 23.9 Å². The number of hydrogen-bond acceptors (Lipinski definition) is 6. The molecule has 2 N–H and O–H groups in total. The zero-order chi connectivity index (χ0) is 27.8. The highest BCUT2D eigenvalue weighted by Crippen LogP contribution is 2.42. The highest BCUT2D eigenvalue weighted by Gasteiger charge is 2.42. The van der Waals surface area contributed by atoms with Gasteiger partial charge in [-0.25, -0.2) is 0 Å². The van der Waals surface area contributed by atoms with E-state index in [9.17, 15) is 10.2 Å². The molecule has 2 aromatic rings. The first kappa shape index (κ1) is 30.4. The van der Waals surface area contributed by atoms with Crippen LogP contribution < -0.4 is 9.47 Å². The van der Waals surface area contributed by atoms with Crippen molar-refractivity contribution in [3.63, 3.8) is 0 Å². The molecule has 6 heteroatoms. The minimum absolute atomic E-state index is 0.131. The molecule has 0 spiro atoms. The third-order valence-electron chi connectivity index (χ3n) is 8.50. The normalized spacial score (nSPS) is 27.5. The van der Waals surface area contributed by atoms with E-state index in [0.29, 0.717) is 0 Å². The van der Waals surface area contributed by atoms with Gasteiger partial charge in [0.05, 0.1) is 26.4 Å². The van der Waals surface area contributed by atoms with Gasteiger partial charge >= 0.3 is 0 Å². The van der Waals surface area contributed by atoms with Crippen molar-refractivity contribution in [3.05, 3.63) is 59.7 Å². The first-order chi connectivity index (χ1) is 18.2. The van der Waals surface area contributed by atoms with E-state index in [4.69, 9.17) is 9.47 Å². The van der Waals surface area contributed by atoms with Gasteiger partial charge in [-0.15, -0.1) is 0 Å². The number of likely N-dealkylation sites (N-methyl/N-ethyl adjacent to an activating group) is 2. The predicted octanol–water partition coefficient (Wildman–Crippen LogP) is 4.86. The molecule has 2 fully saturated rings. The number of nitrogens with zero attached hydrogens (tertiary/aromatic N) is 2. The van der Waals surface area contributed by atoms with Crippen LogP contribution in [0.25, 0.3) is 0 Å². The number of methoxy groups -OCH3 is 2. The molecule has 2 aliphatic rings. The lowest BCUT2D eigenvalue weighted by Gasteiger charge is -2.43. The highest BCUT2D eigenvalue weighted by atomic mass is 16.5. The lowest BCUT2D eigenvalue weighted by atomic mass is 9.67. The van der Waals surface area contributed by atoms with Gasteiger partial charge in [-0.05, 0) is 89.3 Å². The van der Waals surface area contributed by atoms with Gasteiger partial charge in [0.2, 0.25) is 0 Å². The van der Waals surface area contributed by atoms with E-state index in [-0.39, 0.29) is 23.0 Å². The van der Waals surface area contributed by atoms with E-state index in [0.717, 1.165) is 63.1 Å². The summed E-state index contributed by atoms with van der Waals surface area (Å²) in [7, 11) is 11.7. The van der Waals surface area contributed by atoms with E-state index in [1.54, 1.807) is 14.2 Å². The molecule has 6 nitrogen and oxygen atoms in total. The average Bonchev–Trinajstić information content (AvgIpc) is 2.91. The third kappa shape index (κ3) is 7.09. The van der Waals surface area contributed by atoms with Crippen molar-refractivity contribution in [1.29, 1.82) is 0 Å². The fourth-order valence-electron chi connectivity index (χ4n) is 6.64. The van der Waals surface area contributed by atoms with Crippen LogP contribution in [0.2, 0.25) is 0 Å². The highest BCUT2D eigenvalue weighted by molar-refractivity contribution is 5.35. The van der Waals surface area contributed by atoms with Gasteiger partial charge in [0.1, 0.15) is 11.5 Å². The smallest absolute Gasteiger partial charge is 0.118 e. The zero-order valence-electron chi connectivity index (χ0n) is 24.4. The third-order valence-corrected chi connectivity index (χ3v) is 8.50. The van der Waals surface area contributed by atoms with Crippen molar-refractivity contribution in [2.75, 3.05) is 55.5 Å². The quantitative estimate of drug-likeness (QED) is 0.512. The van der Waals surface area contributed by atoms with Gasteiger partial charge in [-0.2, -0.15) is 0 Å². The Morgan fingerprint density at radius 1 is 0.632 bits per heavy atom. The van der Waals surface area contributed by atoms with Crippen LogP contribution in [-0.2, 0) is 10.8 Å². The minimum Gasteiger partial charge on any atom is -0.497 e. The van der Waals surface area contributed by atoms with Gasteiger partial charge < -0.3 is 29.5 Å². The Morgan fingerprint density at radius 2 is 0.974 bits per heavy atom. The second kappa shape index (κ2) is 13.8. The molecule has 0 radical (unpaired) electrons. The minimum atomic E-state index is -0.253. The maximum Gasteiger partial charge on any atom is 0.118 e. The molecule has 0 aliphatic heterocycles. The number of aliphatic hydroxyl groups excluding tert-OH is 2. The van der Waals surface area contributed by atoms with Crippen LogP contribution in [0, 0.1) is 0 Å². The molecule has 2 aliphatic carbocycles. The molecule has 4 rings (SSSR count). The molecule has 0 heterocycles. The van der Waals surface area contributed by atoms with Gasteiger partial charge in [-0.3, -0.25) is 0 Å². The maximum atomic E-state index is 10.6. The van der Waals surface area contributed by atoms with Crippen LogP contribution in [0.4, 0.5) is 0 Å². The molecule has 0 aromatic heterocycles. The van der Waals surface area contributed by atoms with E-state index < -0.39 is 0 Å². The first-order valence-electron chi connectivity index (χ1n) is 14.1. The van der Waals surface area contributed by atoms with E-state index >= 15 is 0 Å². The molecule has 0 saturated heterocycles. The van der Waals surface area contributed by atoms with Crippen molar-refractivity contribution >= 4 is 0 Å². The monoisotopic (exact) mass is 526 g/mol. The van der Waals surface area contributed by atoms with Crippen LogP contribution in [-0.4, -0.2) is 87.7 Å². The number of ether oxygens (including phenoxy) is 2. The van der Waals surface area contributed by atoms with Crippen LogP contribution in [0.1, 0.15) is 62.5 Å². The first-order valence-corrected chi connectivity index (χ1v) is 14.1. The van der Waals surface area contributed by atoms with Crippen molar-refractivity contribution < 1.29 is 19.7 Å². The molecule has 0 unspecified atom stereocenters. The summed E-state index contributed by atoms with van der Waals surface area (Å²) < 4.78 is 10.4. The molecule has 0 bridgehead atoms. The summed E-state index contributed by atoms with van der Waals surface area (Å²) in [6, 6.07) is 16.4. The SMILES string of the molecule is COc1ccc([C@@]2(CN(C)C)CCCC[C@H]2O)cc1.COc1ccc([C@]2(CN(C)C)CCCC[C@@H]2O)cc1. The molecular weight excluding hydrogens is 476 g/mol. The molecule has 212 valence electrons. The molecule has 4 atom stereocenters. The van der Waals surface area contributed by atoms with Gasteiger partial charge in [0.15, 0.2) is 0 Å². The summed E-state index contributed by atoms with van der Waals surface area (Å²) in [6.45, 7) is 1.78. The number of hydrogen-bond donors (Lipinski definition) is 2. The Labute approximate surface area is 230 Å². The second-order valence-electron chi connectivity index (χ2n) is 11.8. The Bertz CT molecular complexity index is 883. The summed E-state index contributed by atoms with van der Waals surface area (Å²) in [4.78, 5) is 4.36. The molecule has 0 amide bonds. The van der Waals surface area contributed by atoms with Crippen molar-refractivity contribution in [3.8, 4) is 11.5 Å². The fraction of sp³-hybridized carbons (Fsp3) is 0.625. The summed E-state index contributed by atoms with van der Waals surface area (Å²) >= 11 is 0. The summed E-state index contributed by atoms with van der Waals surface area (Å²) in [5, 5.41) is 21.2. The lowest BCUT2D eigenvalue weighted by Crippen LogP contribution is -2.49. The summed E-state index contributed by atoms with van der Waals surface area (Å²) in [5.41, 5.74) is 2.20. The molecular formula is C32H50N2O4. The number of aliphatic hydroxyl groups is 2. The predicted molar refractivity (Wildman–Crippen MR) is 155 cm³/mol.